The van der Waals surface area contributed by atoms with Crippen molar-refractivity contribution in [1.29, 1.82) is 0 Å². The van der Waals surface area contributed by atoms with Gasteiger partial charge in [0.25, 0.3) is 0 Å². The van der Waals surface area contributed by atoms with Crippen molar-refractivity contribution < 1.29 is 35.0 Å². The summed E-state index contributed by atoms with van der Waals surface area (Å²) in [5.41, 5.74) is -2.50. The number of aliphatic hydroxyl groups excluding tert-OH is 4. The smallest absolute Gasteiger partial charge is 0.206 e. The van der Waals surface area contributed by atoms with Crippen LogP contribution in [-0.2, 0) is 9.47 Å². The molecule has 4 bridgehead atoms. The highest BCUT2D eigenvalue weighted by molar-refractivity contribution is 5.38. The molecule has 1 unspecified atom stereocenters. The van der Waals surface area contributed by atoms with E-state index in [-0.39, 0.29) is 5.92 Å². The molecule has 2 spiro atoms. The summed E-state index contributed by atoms with van der Waals surface area (Å²) in [6.45, 7) is 8.05. The van der Waals surface area contributed by atoms with E-state index in [0.717, 1.165) is 0 Å². The van der Waals surface area contributed by atoms with E-state index in [2.05, 4.69) is 6.58 Å². The van der Waals surface area contributed by atoms with Gasteiger partial charge in [0.15, 0.2) is 6.29 Å². The maximum atomic E-state index is 11.9. The van der Waals surface area contributed by atoms with E-state index >= 15 is 0 Å². The predicted octanol–water partition coefficient (Wildman–Crippen LogP) is 0.140. The van der Waals surface area contributed by atoms with Gasteiger partial charge < -0.3 is 35.0 Å². The second kappa shape index (κ2) is 5.38. The van der Waals surface area contributed by atoms with Crippen LogP contribution in [0.2, 0.25) is 0 Å². The molecular formula is C21H32O7. The van der Waals surface area contributed by atoms with Crippen molar-refractivity contribution in [3.63, 3.8) is 0 Å². The Bertz CT molecular complexity index is 724. The van der Waals surface area contributed by atoms with Gasteiger partial charge in [-0.25, -0.2) is 0 Å². The van der Waals surface area contributed by atoms with Gasteiger partial charge in [-0.2, -0.15) is 0 Å². The van der Waals surface area contributed by atoms with Crippen LogP contribution >= 0.6 is 0 Å². The van der Waals surface area contributed by atoms with Crippen LogP contribution in [0.25, 0.3) is 0 Å². The number of methoxy groups -OCH3 is 1. The lowest BCUT2D eigenvalue weighted by Gasteiger charge is -2.77. The summed E-state index contributed by atoms with van der Waals surface area (Å²) in [4.78, 5) is 0. The van der Waals surface area contributed by atoms with Crippen LogP contribution in [0.5, 0.6) is 0 Å². The molecule has 0 aromatic heterocycles. The van der Waals surface area contributed by atoms with E-state index in [1.165, 1.54) is 7.11 Å². The molecule has 158 valence electrons. The number of ether oxygens (including phenoxy) is 2. The van der Waals surface area contributed by atoms with Crippen LogP contribution in [0.4, 0.5) is 0 Å². The first-order valence-electron chi connectivity index (χ1n) is 10.4. The van der Waals surface area contributed by atoms with Crippen molar-refractivity contribution in [3.05, 3.63) is 12.2 Å². The maximum absolute atomic E-state index is 11.9. The lowest BCUT2D eigenvalue weighted by Crippen LogP contribution is -2.88. The Balaban J connectivity index is 1.83. The Labute approximate surface area is 165 Å². The average molecular weight is 396 g/mol. The van der Waals surface area contributed by atoms with Crippen LogP contribution in [0.1, 0.15) is 39.5 Å². The molecule has 2 saturated heterocycles. The summed E-state index contributed by atoms with van der Waals surface area (Å²) in [7, 11) is 1.47. The molecule has 7 nitrogen and oxygen atoms in total. The van der Waals surface area contributed by atoms with Gasteiger partial charge in [-0.15, -0.1) is 0 Å². The largest absolute Gasteiger partial charge is 0.392 e. The number of hydrogen-bond donors (Lipinski definition) is 5. The summed E-state index contributed by atoms with van der Waals surface area (Å²) in [6.07, 6.45) is -3.14. The zero-order valence-electron chi connectivity index (χ0n) is 16.7. The van der Waals surface area contributed by atoms with Crippen molar-refractivity contribution in [2.24, 2.45) is 34.0 Å². The minimum Gasteiger partial charge on any atom is -0.392 e. The van der Waals surface area contributed by atoms with Crippen molar-refractivity contribution in [2.45, 2.75) is 76.0 Å². The fourth-order valence-electron chi connectivity index (χ4n) is 8.44. The first-order valence-corrected chi connectivity index (χ1v) is 10.4. The van der Waals surface area contributed by atoms with Crippen molar-refractivity contribution in [2.75, 3.05) is 7.11 Å². The van der Waals surface area contributed by atoms with Crippen LogP contribution < -0.4 is 0 Å². The highest BCUT2D eigenvalue weighted by Crippen LogP contribution is 2.78. The molecule has 0 aromatic carbocycles. The molecule has 2 aliphatic heterocycles. The normalized spacial score (nSPS) is 61.8. The SMILES string of the molecule is C=C1[C@@H](O)[C@]23[C@H](O)[C@H]1CC[C@H]2[C@@]12C(OC)O[C@@]3(O)[C@@H](O)[C@@H]1C(C)(C)CC[C@@H]2O. The molecule has 11 atom stereocenters. The Morgan fingerprint density at radius 1 is 1.07 bits per heavy atom. The third-order valence-corrected chi connectivity index (χ3v) is 9.36. The minimum absolute atomic E-state index is 0.366. The molecule has 5 N–H and O–H groups in total. The highest BCUT2D eigenvalue weighted by Gasteiger charge is 2.88. The van der Waals surface area contributed by atoms with E-state index in [0.29, 0.717) is 31.3 Å². The number of aliphatic hydroxyl groups is 5. The quantitative estimate of drug-likeness (QED) is 0.400. The van der Waals surface area contributed by atoms with E-state index in [9.17, 15) is 25.5 Å². The first-order chi connectivity index (χ1) is 13.0. The molecule has 4 saturated carbocycles. The summed E-state index contributed by atoms with van der Waals surface area (Å²) < 4.78 is 11.7. The summed E-state index contributed by atoms with van der Waals surface area (Å²) >= 11 is 0. The molecule has 6 aliphatic rings. The molecular weight excluding hydrogens is 364 g/mol. The Kier molecular flexibility index (Phi) is 3.73. The number of rotatable bonds is 1. The summed E-state index contributed by atoms with van der Waals surface area (Å²) in [5.74, 6) is -3.55. The van der Waals surface area contributed by atoms with Gasteiger partial charge >= 0.3 is 0 Å². The molecule has 2 heterocycles. The molecule has 28 heavy (non-hydrogen) atoms. The Hall–Kier alpha value is -0.540. The van der Waals surface area contributed by atoms with E-state index in [1.54, 1.807) is 0 Å². The van der Waals surface area contributed by atoms with Gasteiger partial charge in [0.05, 0.1) is 29.1 Å². The van der Waals surface area contributed by atoms with Gasteiger partial charge in [-0.05, 0) is 42.6 Å². The van der Waals surface area contributed by atoms with Crippen molar-refractivity contribution in [1.82, 2.24) is 0 Å². The molecule has 7 heteroatoms. The molecule has 6 fully saturated rings. The molecule has 0 radical (unpaired) electrons. The van der Waals surface area contributed by atoms with Gasteiger partial charge in [0.1, 0.15) is 6.10 Å². The van der Waals surface area contributed by atoms with E-state index in [4.69, 9.17) is 9.47 Å². The van der Waals surface area contributed by atoms with Crippen molar-refractivity contribution in [3.8, 4) is 0 Å². The van der Waals surface area contributed by atoms with Gasteiger partial charge in [-0.3, -0.25) is 0 Å². The number of fused-ring (bicyclic) bond motifs is 2. The van der Waals surface area contributed by atoms with Crippen LogP contribution in [-0.4, -0.2) is 69.1 Å². The Morgan fingerprint density at radius 3 is 2.39 bits per heavy atom. The van der Waals surface area contributed by atoms with Crippen LogP contribution in [0.3, 0.4) is 0 Å². The van der Waals surface area contributed by atoms with Crippen LogP contribution in [0.15, 0.2) is 12.2 Å². The fourth-order valence-corrected chi connectivity index (χ4v) is 8.44. The third-order valence-electron chi connectivity index (χ3n) is 9.36. The lowest BCUT2D eigenvalue weighted by molar-refractivity contribution is -0.524. The summed E-state index contributed by atoms with van der Waals surface area (Å²) in [5, 5.41) is 57.3. The van der Waals surface area contributed by atoms with Crippen LogP contribution in [0, 0.1) is 34.0 Å². The van der Waals surface area contributed by atoms with Gasteiger partial charge in [-0.1, -0.05) is 20.4 Å². The van der Waals surface area contributed by atoms with Gasteiger partial charge in [0.2, 0.25) is 5.79 Å². The monoisotopic (exact) mass is 396 g/mol. The summed E-state index contributed by atoms with van der Waals surface area (Å²) in [6, 6.07) is 0. The standard InChI is InChI=1S/C21H32O7/c1-9-10-5-6-11-19-12(22)7-8-18(2,3)13(19)16(25)21(26,28-17(19)27-4)20(11,14(9)23)15(10)24/h10-17,22-26H,1,5-8H2,2-4H3/t10-,11-,12-,13+,14+,15+,16-,17?,19-,20-,21-/m0/s1. The predicted molar refractivity (Wildman–Crippen MR) is 97.6 cm³/mol. The minimum atomic E-state index is -2.20. The average Bonchev–Trinajstić information content (AvgIpc) is 2.75. The molecule has 0 amide bonds. The maximum Gasteiger partial charge on any atom is 0.206 e. The number of hydrogen-bond acceptors (Lipinski definition) is 7. The molecule has 6 rings (SSSR count). The molecule has 0 aromatic rings. The van der Waals surface area contributed by atoms with Crippen molar-refractivity contribution >= 4 is 0 Å². The van der Waals surface area contributed by atoms with Gasteiger partial charge in [0, 0.05) is 18.9 Å². The first kappa shape index (κ1) is 19.4. The zero-order valence-corrected chi connectivity index (χ0v) is 16.7. The Morgan fingerprint density at radius 2 is 1.75 bits per heavy atom. The topological polar surface area (TPSA) is 120 Å². The highest BCUT2D eigenvalue weighted by atomic mass is 16.8. The lowest BCUT2D eigenvalue weighted by atomic mass is 9.35. The third kappa shape index (κ3) is 1.64. The fraction of sp³-hybridized carbons (Fsp3) is 0.905. The second-order valence-electron chi connectivity index (χ2n) is 10.4. The molecule has 4 aliphatic carbocycles. The zero-order chi connectivity index (χ0) is 20.4. The van der Waals surface area contributed by atoms with E-state index < -0.39 is 64.6 Å². The second-order valence-corrected chi connectivity index (χ2v) is 10.4. The van der Waals surface area contributed by atoms with E-state index in [1.807, 2.05) is 13.8 Å².